The van der Waals surface area contributed by atoms with Crippen LogP contribution in [0.2, 0.25) is 5.02 Å². The molecule has 1 atom stereocenters. The minimum atomic E-state index is -0.527. The van der Waals surface area contributed by atoms with E-state index in [1.165, 1.54) is 12.3 Å². The van der Waals surface area contributed by atoms with Crippen molar-refractivity contribution in [2.24, 2.45) is 5.84 Å². The normalized spacial score (nSPS) is 12.7. The van der Waals surface area contributed by atoms with Crippen LogP contribution in [0.3, 0.4) is 0 Å². The third kappa shape index (κ3) is 2.25. The fraction of sp³-hybridized carbons (Fsp3) is 0.250. The second-order valence-electron chi connectivity index (χ2n) is 3.81. The van der Waals surface area contributed by atoms with E-state index in [0.717, 1.165) is 0 Å². The van der Waals surface area contributed by atoms with Crippen LogP contribution >= 0.6 is 11.6 Å². The van der Waals surface area contributed by atoms with Gasteiger partial charge in [0.2, 0.25) is 0 Å². The number of nitrogens with zero attached hydrogens (tertiary/aromatic N) is 2. The molecule has 1 unspecified atom stereocenters. The molecule has 2 rings (SSSR count). The molecule has 0 spiro atoms. The second-order valence-corrected chi connectivity index (χ2v) is 4.22. The summed E-state index contributed by atoms with van der Waals surface area (Å²) in [5.41, 5.74) is 3.69. The predicted molar refractivity (Wildman–Crippen MR) is 68.5 cm³/mol. The molecule has 0 bridgehead atoms. The Kier molecular flexibility index (Phi) is 3.96. The Labute approximate surface area is 110 Å². The predicted octanol–water partition coefficient (Wildman–Crippen LogP) is 2.25. The number of nitrogens with one attached hydrogen (secondary N) is 1. The highest BCUT2D eigenvalue weighted by atomic mass is 35.5. The topological polar surface area (TPSA) is 55.9 Å². The van der Waals surface area contributed by atoms with Gasteiger partial charge in [0.25, 0.3) is 0 Å². The maximum Gasteiger partial charge on any atom is 0.128 e. The van der Waals surface area contributed by atoms with E-state index in [9.17, 15) is 4.39 Å². The van der Waals surface area contributed by atoms with Crippen LogP contribution in [-0.4, -0.2) is 9.78 Å². The molecule has 1 heterocycles. The molecule has 0 fully saturated rings. The van der Waals surface area contributed by atoms with Crippen molar-refractivity contribution in [3.8, 4) is 0 Å². The van der Waals surface area contributed by atoms with E-state index in [0.29, 0.717) is 22.8 Å². The van der Waals surface area contributed by atoms with Crippen LogP contribution in [0.4, 0.5) is 4.39 Å². The summed E-state index contributed by atoms with van der Waals surface area (Å²) in [5.74, 6) is 5.21. The highest BCUT2D eigenvalue weighted by Crippen LogP contribution is 2.29. The molecule has 96 valence electrons. The number of aryl methyl sites for hydroxylation is 1. The van der Waals surface area contributed by atoms with Crippen molar-refractivity contribution in [1.82, 2.24) is 15.2 Å². The van der Waals surface area contributed by atoms with Gasteiger partial charge in [-0.05, 0) is 13.0 Å². The van der Waals surface area contributed by atoms with E-state index < -0.39 is 6.04 Å². The zero-order valence-corrected chi connectivity index (χ0v) is 10.7. The Hall–Kier alpha value is -1.43. The fourth-order valence-corrected chi connectivity index (χ4v) is 2.19. The van der Waals surface area contributed by atoms with Gasteiger partial charge in [-0.3, -0.25) is 10.5 Å². The fourth-order valence-electron chi connectivity index (χ4n) is 1.94. The molecule has 4 nitrogen and oxygen atoms in total. The summed E-state index contributed by atoms with van der Waals surface area (Å²) in [5, 5.41) is 4.59. The lowest BCUT2D eigenvalue weighted by molar-refractivity contribution is 0.516. The SMILES string of the molecule is CCn1ncc(Cl)c1C(NN)c1ccccc1F. The number of nitrogens with two attached hydrogens (primary N) is 1. The molecule has 0 amide bonds. The van der Waals surface area contributed by atoms with E-state index in [2.05, 4.69) is 10.5 Å². The van der Waals surface area contributed by atoms with Crippen molar-refractivity contribution in [3.05, 3.63) is 52.6 Å². The van der Waals surface area contributed by atoms with E-state index in [4.69, 9.17) is 17.4 Å². The maximum absolute atomic E-state index is 13.8. The number of aromatic nitrogens is 2. The first-order chi connectivity index (χ1) is 8.69. The minimum Gasteiger partial charge on any atom is -0.271 e. The average molecular weight is 269 g/mol. The molecular formula is C12H14ClFN4. The summed E-state index contributed by atoms with van der Waals surface area (Å²) < 4.78 is 15.5. The Morgan fingerprint density at radius 1 is 1.50 bits per heavy atom. The monoisotopic (exact) mass is 268 g/mol. The molecule has 6 heteroatoms. The molecule has 2 aromatic rings. The molecule has 0 aliphatic carbocycles. The van der Waals surface area contributed by atoms with Crippen LogP contribution in [0, 0.1) is 5.82 Å². The molecular weight excluding hydrogens is 255 g/mol. The van der Waals surface area contributed by atoms with Crippen LogP contribution in [0.1, 0.15) is 24.2 Å². The smallest absolute Gasteiger partial charge is 0.128 e. The maximum atomic E-state index is 13.8. The van der Waals surface area contributed by atoms with E-state index in [-0.39, 0.29) is 5.82 Å². The first-order valence-electron chi connectivity index (χ1n) is 5.60. The Morgan fingerprint density at radius 2 is 2.22 bits per heavy atom. The number of benzene rings is 1. The van der Waals surface area contributed by atoms with Gasteiger partial charge in [0.15, 0.2) is 0 Å². The van der Waals surface area contributed by atoms with Crippen molar-refractivity contribution in [3.63, 3.8) is 0 Å². The lowest BCUT2D eigenvalue weighted by atomic mass is 10.0. The molecule has 0 saturated heterocycles. The first kappa shape index (κ1) is 13.0. The first-order valence-corrected chi connectivity index (χ1v) is 5.98. The molecule has 1 aromatic carbocycles. The Morgan fingerprint density at radius 3 is 2.83 bits per heavy atom. The summed E-state index contributed by atoms with van der Waals surface area (Å²) in [6.07, 6.45) is 1.53. The van der Waals surface area contributed by atoms with Gasteiger partial charge in [0.1, 0.15) is 5.82 Å². The number of hydrogen-bond donors (Lipinski definition) is 2. The minimum absolute atomic E-state index is 0.333. The zero-order valence-electron chi connectivity index (χ0n) is 9.90. The highest BCUT2D eigenvalue weighted by molar-refractivity contribution is 6.31. The van der Waals surface area contributed by atoms with Gasteiger partial charge in [-0.1, -0.05) is 29.8 Å². The van der Waals surface area contributed by atoms with E-state index in [1.807, 2.05) is 6.92 Å². The number of hydrazine groups is 1. The van der Waals surface area contributed by atoms with Gasteiger partial charge in [-0.15, -0.1) is 0 Å². The third-order valence-corrected chi connectivity index (χ3v) is 3.08. The molecule has 3 N–H and O–H groups in total. The van der Waals surface area contributed by atoms with E-state index in [1.54, 1.807) is 22.9 Å². The van der Waals surface area contributed by atoms with Crippen molar-refractivity contribution in [2.45, 2.75) is 19.5 Å². The molecule has 0 aliphatic rings. The van der Waals surface area contributed by atoms with Crippen LogP contribution in [-0.2, 0) is 6.54 Å². The van der Waals surface area contributed by atoms with Gasteiger partial charge in [0.05, 0.1) is 23.0 Å². The summed E-state index contributed by atoms with van der Waals surface area (Å²) >= 11 is 6.10. The standard InChI is InChI=1S/C12H14ClFN4/c1-2-18-12(9(13)7-16-18)11(17-15)8-5-3-4-6-10(8)14/h3-7,11,17H,2,15H2,1H3. The summed E-state index contributed by atoms with van der Waals surface area (Å²) in [4.78, 5) is 0. The molecule has 0 radical (unpaired) electrons. The highest BCUT2D eigenvalue weighted by Gasteiger charge is 2.22. The lowest BCUT2D eigenvalue weighted by Crippen LogP contribution is -2.31. The summed E-state index contributed by atoms with van der Waals surface area (Å²) in [6.45, 7) is 2.57. The molecule has 0 aliphatic heterocycles. The quantitative estimate of drug-likeness (QED) is 0.661. The van der Waals surface area contributed by atoms with Gasteiger partial charge in [-0.25, -0.2) is 9.82 Å². The third-order valence-electron chi connectivity index (χ3n) is 2.79. The lowest BCUT2D eigenvalue weighted by Gasteiger charge is -2.18. The Bertz CT molecular complexity index is 541. The van der Waals surface area contributed by atoms with Gasteiger partial charge < -0.3 is 0 Å². The average Bonchev–Trinajstić information content (AvgIpc) is 2.74. The van der Waals surface area contributed by atoms with Crippen LogP contribution in [0.25, 0.3) is 0 Å². The molecule has 18 heavy (non-hydrogen) atoms. The Balaban J connectivity index is 2.52. The molecule has 0 saturated carbocycles. The van der Waals surface area contributed by atoms with Crippen molar-refractivity contribution in [1.29, 1.82) is 0 Å². The van der Waals surface area contributed by atoms with Crippen LogP contribution < -0.4 is 11.3 Å². The van der Waals surface area contributed by atoms with Gasteiger partial charge >= 0.3 is 0 Å². The molecule has 1 aromatic heterocycles. The van der Waals surface area contributed by atoms with Gasteiger partial charge in [-0.2, -0.15) is 5.10 Å². The van der Waals surface area contributed by atoms with Crippen molar-refractivity contribution in [2.75, 3.05) is 0 Å². The number of halogens is 2. The van der Waals surface area contributed by atoms with Crippen molar-refractivity contribution >= 4 is 11.6 Å². The second kappa shape index (κ2) is 5.48. The van der Waals surface area contributed by atoms with Crippen LogP contribution in [0.5, 0.6) is 0 Å². The van der Waals surface area contributed by atoms with Gasteiger partial charge in [0, 0.05) is 12.1 Å². The zero-order chi connectivity index (χ0) is 13.1. The van der Waals surface area contributed by atoms with E-state index >= 15 is 0 Å². The number of rotatable bonds is 4. The van der Waals surface area contributed by atoms with Crippen LogP contribution in [0.15, 0.2) is 30.5 Å². The number of hydrogen-bond acceptors (Lipinski definition) is 3. The summed E-state index contributed by atoms with van der Waals surface area (Å²) in [6, 6.07) is 5.92. The largest absolute Gasteiger partial charge is 0.271 e. The van der Waals surface area contributed by atoms with Crippen molar-refractivity contribution < 1.29 is 4.39 Å². The summed E-state index contributed by atoms with van der Waals surface area (Å²) in [7, 11) is 0.